The summed E-state index contributed by atoms with van der Waals surface area (Å²) in [6, 6.07) is 6.06. The van der Waals surface area contributed by atoms with Gasteiger partial charge < -0.3 is 14.6 Å². The smallest absolute Gasteiger partial charge is 0.231 e. The highest BCUT2D eigenvalue weighted by Gasteiger charge is 2.45. The lowest BCUT2D eigenvalue weighted by atomic mass is 9.91. The van der Waals surface area contributed by atoms with Gasteiger partial charge in [0.2, 0.25) is 6.79 Å². The van der Waals surface area contributed by atoms with Gasteiger partial charge >= 0.3 is 0 Å². The van der Waals surface area contributed by atoms with Crippen molar-refractivity contribution in [2.24, 2.45) is 0 Å². The first-order valence-electron chi connectivity index (χ1n) is 7.55. The summed E-state index contributed by atoms with van der Waals surface area (Å²) >= 11 is 0. The summed E-state index contributed by atoms with van der Waals surface area (Å²) in [5, 5.41) is 8.85. The SMILES string of the molecule is O=C(CO)c1cnc(CC2(c3ccc4c(c3)OCO4)CC2)nc1. The molecule has 1 aromatic heterocycles. The van der Waals surface area contributed by atoms with E-state index in [2.05, 4.69) is 16.0 Å². The molecule has 118 valence electrons. The molecule has 0 spiro atoms. The van der Waals surface area contributed by atoms with Gasteiger partial charge in [0.1, 0.15) is 12.4 Å². The van der Waals surface area contributed by atoms with Crippen molar-refractivity contribution in [1.29, 1.82) is 0 Å². The van der Waals surface area contributed by atoms with Crippen molar-refractivity contribution in [1.82, 2.24) is 9.97 Å². The van der Waals surface area contributed by atoms with Crippen LogP contribution in [0.15, 0.2) is 30.6 Å². The number of ketones is 1. The number of nitrogens with zero attached hydrogens (tertiary/aromatic N) is 2. The second-order valence-corrected chi connectivity index (χ2v) is 5.99. The van der Waals surface area contributed by atoms with Gasteiger partial charge in [-0.1, -0.05) is 6.07 Å². The maximum atomic E-state index is 11.4. The molecule has 6 heteroatoms. The highest BCUT2D eigenvalue weighted by molar-refractivity contribution is 5.96. The van der Waals surface area contributed by atoms with Crippen molar-refractivity contribution >= 4 is 5.78 Å². The quantitative estimate of drug-likeness (QED) is 0.846. The largest absolute Gasteiger partial charge is 0.454 e. The Morgan fingerprint density at radius 1 is 1.17 bits per heavy atom. The number of aliphatic hydroxyl groups is 1. The fourth-order valence-electron chi connectivity index (χ4n) is 2.93. The van der Waals surface area contributed by atoms with E-state index in [-0.39, 0.29) is 18.0 Å². The Bertz CT molecular complexity index is 754. The lowest BCUT2D eigenvalue weighted by Gasteiger charge is -2.15. The molecule has 4 rings (SSSR count). The van der Waals surface area contributed by atoms with E-state index in [4.69, 9.17) is 14.6 Å². The Labute approximate surface area is 133 Å². The third-order valence-electron chi connectivity index (χ3n) is 4.51. The second-order valence-electron chi connectivity index (χ2n) is 5.99. The predicted octanol–water partition coefficient (Wildman–Crippen LogP) is 1.65. The third-order valence-corrected chi connectivity index (χ3v) is 4.51. The van der Waals surface area contributed by atoms with Crippen molar-refractivity contribution < 1.29 is 19.4 Å². The normalized spacial score (nSPS) is 17.1. The zero-order valence-corrected chi connectivity index (χ0v) is 12.5. The number of benzene rings is 1. The number of ether oxygens (including phenoxy) is 2. The first-order chi connectivity index (χ1) is 11.2. The van der Waals surface area contributed by atoms with E-state index in [0.717, 1.165) is 30.8 Å². The molecular formula is C17H16N2O4. The summed E-state index contributed by atoms with van der Waals surface area (Å²) in [6.07, 6.45) is 5.84. The summed E-state index contributed by atoms with van der Waals surface area (Å²) in [6.45, 7) is -0.251. The number of hydrogen-bond donors (Lipinski definition) is 1. The average molecular weight is 312 g/mol. The second kappa shape index (κ2) is 5.31. The van der Waals surface area contributed by atoms with Crippen LogP contribution in [-0.2, 0) is 11.8 Å². The van der Waals surface area contributed by atoms with E-state index >= 15 is 0 Å². The van der Waals surface area contributed by atoms with Crippen LogP contribution in [0.25, 0.3) is 0 Å². The van der Waals surface area contributed by atoms with Crippen LogP contribution in [0.5, 0.6) is 11.5 Å². The summed E-state index contributed by atoms with van der Waals surface area (Å²) in [7, 11) is 0. The molecule has 2 aromatic rings. The van der Waals surface area contributed by atoms with E-state index in [9.17, 15) is 4.79 Å². The Kier molecular flexibility index (Phi) is 3.27. The number of rotatable bonds is 5. The molecule has 0 unspecified atom stereocenters. The number of hydrogen-bond acceptors (Lipinski definition) is 6. The van der Waals surface area contributed by atoms with Crippen LogP contribution >= 0.6 is 0 Å². The molecule has 0 saturated heterocycles. The van der Waals surface area contributed by atoms with Gasteiger partial charge in [0, 0.05) is 24.2 Å². The Balaban J connectivity index is 1.55. The molecule has 1 aliphatic carbocycles. The highest BCUT2D eigenvalue weighted by Crippen LogP contribution is 2.52. The van der Waals surface area contributed by atoms with E-state index in [1.165, 1.54) is 18.0 Å². The van der Waals surface area contributed by atoms with E-state index in [0.29, 0.717) is 11.4 Å². The van der Waals surface area contributed by atoms with Crippen LogP contribution in [0.2, 0.25) is 0 Å². The zero-order chi connectivity index (χ0) is 15.9. The number of fused-ring (bicyclic) bond motifs is 1. The molecule has 1 aliphatic heterocycles. The van der Waals surface area contributed by atoms with Crippen molar-refractivity contribution in [3.8, 4) is 11.5 Å². The van der Waals surface area contributed by atoms with Crippen LogP contribution in [0, 0.1) is 0 Å². The highest BCUT2D eigenvalue weighted by atomic mass is 16.7. The first kappa shape index (κ1) is 14.1. The van der Waals surface area contributed by atoms with Crippen molar-refractivity contribution in [3.63, 3.8) is 0 Å². The standard InChI is InChI=1S/C17H16N2O4/c20-9-13(21)11-7-18-16(19-8-11)6-17(3-4-17)12-1-2-14-15(5-12)23-10-22-14/h1-2,5,7-8,20H,3-4,6,9-10H2. The summed E-state index contributed by atoms with van der Waals surface area (Å²) in [5.41, 5.74) is 1.59. The molecule has 1 fully saturated rings. The number of carbonyl (C=O) groups is 1. The van der Waals surface area contributed by atoms with Crippen LogP contribution in [0.4, 0.5) is 0 Å². The van der Waals surface area contributed by atoms with Crippen LogP contribution < -0.4 is 9.47 Å². The van der Waals surface area contributed by atoms with E-state index < -0.39 is 6.61 Å². The molecule has 0 amide bonds. The van der Waals surface area contributed by atoms with Gasteiger partial charge in [0.05, 0.1) is 5.56 Å². The maximum Gasteiger partial charge on any atom is 0.231 e. The average Bonchev–Trinajstić information content (AvgIpc) is 3.21. The molecule has 2 aliphatic rings. The van der Waals surface area contributed by atoms with Crippen LogP contribution in [0.3, 0.4) is 0 Å². The maximum absolute atomic E-state index is 11.4. The lowest BCUT2D eigenvalue weighted by molar-refractivity contribution is 0.0903. The predicted molar refractivity (Wildman–Crippen MR) is 80.6 cm³/mol. The van der Waals surface area contributed by atoms with Crippen molar-refractivity contribution in [3.05, 3.63) is 47.5 Å². The van der Waals surface area contributed by atoms with Crippen LogP contribution in [0.1, 0.15) is 34.6 Å². The number of aliphatic hydroxyl groups excluding tert-OH is 1. The first-order valence-corrected chi connectivity index (χ1v) is 7.55. The minimum absolute atomic E-state index is 0.0451. The number of carbonyl (C=O) groups excluding carboxylic acids is 1. The monoisotopic (exact) mass is 312 g/mol. The zero-order valence-electron chi connectivity index (χ0n) is 12.5. The van der Waals surface area contributed by atoms with Gasteiger partial charge in [0.15, 0.2) is 17.3 Å². The molecule has 23 heavy (non-hydrogen) atoms. The van der Waals surface area contributed by atoms with Gasteiger partial charge in [-0.25, -0.2) is 9.97 Å². The van der Waals surface area contributed by atoms with Gasteiger partial charge in [-0.15, -0.1) is 0 Å². The van der Waals surface area contributed by atoms with Gasteiger partial charge in [-0.05, 0) is 30.5 Å². The molecular weight excluding hydrogens is 296 g/mol. The Hall–Kier alpha value is -2.47. The molecule has 6 nitrogen and oxygen atoms in total. The van der Waals surface area contributed by atoms with Gasteiger partial charge in [-0.2, -0.15) is 0 Å². The molecule has 0 atom stereocenters. The third kappa shape index (κ3) is 2.55. The number of Topliss-reactive ketones (excluding diaryl/α,β-unsaturated/α-hetero) is 1. The van der Waals surface area contributed by atoms with Crippen molar-refractivity contribution in [2.45, 2.75) is 24.7 Å². The van der Waals surface area contributed by atoms with Crippen molar-refractivity contribution in [2.75, 3.05) is 13.4 Å². The summed E-state index contributed by atoms with van der Waals surface area (Å²) in [4.78, 5) is 19.9. The summed E-state index contributed by atoms with van der Waals surface area (Å²) in [5.74, 6) is 1.91. The Morgan fingerprint density at radius 3 is 2.61 bits per heavy atom. The van der Waals surface area contributed by atoms with Crippen LogP contribution in [-0.4, -0.2) is 34.3 Å². The molecule has 2 heterocycles. The minimum atomic E-state index is -0.524. The van der Waals surface area contributed by atoms with Gasteiger partial charge in [0.25, 0.3) is 0 Å². The fourth-order valence-corrected chi connectivity index (χ4v) is 2.93. The molecule has 1 aromatic carbocycles. The Morgan fingerprint density at radius 2 is 1.91 bits per heavy atom. The topological polar surface area (TPSA) is 81.5 Å². The minimum Gasteiger partial charge on any atom is -0.454 e. The molecule has 0 radical (unpaired) electrons. The molecule has 1 N–H and O–H groups in total. The molecule has 1 saturated carbocycles. The van der Waals surface area contributed by atoms with E-state index in [1.54, 1.807) is 0 Å². The lowest BCUT2D eigenvalue weighted by Crippen LogP contribution is -2.14. The number of aromatic nitrogens is 2. The molecule has 0 bridgehead atoms. The van der Waals surface area contributed by atoms with Gasteiger partial charge in [-0.3, -0.25) is 4.79 Å². The fraction of sp³-hybridized carbons (Fsp3) is 0.353. The summed E-state index contributed by atoms with van der Waals surface area (Å²) < 4.78 is 10.8. The van der Waals surface area contributed by atoms with E-state index in [1.807, 2.05) is 12.1 Å².